The molecule has 0 bridgehead atoms. The Bertz CT molecular complexity index is 574. The minimum atomic E-state index is -0.672. The van der Waals surface area contributed by atoms with E-state index in [9.17, 15) is 13.9 Å². The first-order chi connectivity index (χ1) is 8.97. The summed E-state index contributed by atoms with van der Waals surface area (Å²) >= 11 is 0. The topological polar surface area (TPSA) is 29.5 Å². The van der Waals surface area contributed by atoms with Crippen LogP contribution in [0, 0.1) is 11.6 Å². The van der Waals surface area contributed by atoms with E-state index in [-0.39, 0.29) is 17.6 Å². The molecule has 2 aromatic rings. The molecular weight excluding hydrogens is 250 g/mol. The number of halogens is 2. The zero-order chi connectivity index (χ0) is 14.0. The van der Waals surface area contributed by atoms with Gasteiger partial charge in [-0.05, 0) is 37.6 Å². The summed E-state index contributed by atoms with van der Waals surface area (Å²) in [5.74, 6) is -1.18. The standard InChI is InChI=1S/C15H14F2O2/c1-9(2)19-15-13(4-3-5-14(15)18)10-6-11(16)8-12(17)7-10/h3-9,18H,1-2H3. The largest absolute Gasteiger partial charge is 0.504 e. The van der Waals surface area contributed by atoms with Crippen LogP contribution in [0.5, 0.6) is 11.5 Å². The van der Waals surface area contributed by atoms with Gasteiger partial charge in [0.1, 0.15) is 11.6 Å². The molecule has 100 valence electrons. The van der Waals surface area contributed by atoms with Crippen LogP contribution in [0.4, 0.5) is 8.78 Å². The predicted octanol–water partition coefficient (Wildman–Crippen LogP) is 4.12. The van der Waals surface area contributed by atoms with Crippen molar-refractivity contribution >= 4 is 0 Å². The lowest BCUT2D eigenvalue weighted by Crippen LogP contribution is -2.06. The van der Waals surface area contributed by atoms with Gasteiger partial charge in [0, 0.05) is 11.6 Å². The fourth-order valence-corrected chi connectivity index (χ4v) is 1.82. The van der Waals surface area contributed by atoms with Crippen molar-refractivity contribution in [2.24, 2.45) is 0 Å². The Hall–Kier alpha value is -2.10. The Kier molecular flexibility index (Phi) is 3.69. The first-order valence-electron chi connectivity index (χ1n) is 5.92. The van der Waals surface area contributed by atoms with Gasteiger partial charge in [-0.25, -0.2) is 8.78 Å². The van der Waals surface area contributed by atoms with Crippen molar-refractivity contribution in [1.82, 2.24) is 0 Å². The molecule has 0 aliphatic heterocycles. The Labute approximate surface area is 110 Å². The van der Waals surface area contributed by atoms with Gasteiger partial charge < -0.3 is 9.84 Å². The molecule has 1 N–H and O–H groups in total. The molecule has 0 saturated carbocycles. The maximum Gasteiger partial charge on any atom is 0.169 e. The Morgan fingerprint density at radius 2 is 1.68 bits per heavy atom. The highest BCUT2D eigenvalue weighted by atomic mass is 19.1. The third-order valence-corrected chi connectivity index (χ3v) is 2.52. The number of phenolic OH excluding ortho intramolecular Hbond substituents is 1. The SMILES string of the molecule is CC(C)Oc1c(O)cccc1-c1cc(F)cc(F)c1. The molecule has 0 aliphatic rings. The van der Waals surface area contributed by atoms with E-state index in [1.54, 1.807) is 12.1 Å². The summed E-state index contributed by atoms with van der Waals surface area (Å²) in [5.41, 5.74) is 0.774. The van der Waals surface area contributed by atoms with E-state index in [2.05, 4.69) is 0 Å². The number of hydrogen-bond acceptors (Lipinski definition) is 2. The fourth-order valence-electron chi connectivity index (χ4n) is 1.82. The van der Waals surface area contributed by atoms with Gasteiger partial charge in [0.15, 0.2) is 11.5 Å². The number of benzene rings is 2. The molecule has 0 aliphatic carbocycles. The van der Waals surface area contributed by atoms with Crippen LogP contribution >= 0.6 is 0 Å². The van der Waals surface area contributed by atoms with Gasteiger partial charge in [0.05, 0.1) is 6.10 Å². The van der Waals surface area contributed by atoms with Crippen molar-refractivity contribution in [3.8, 4) is 22.6 Å². The maximum atomic E-state index is 13.3. The number of hydrogen-bond donors (Lipinski definition) is 1. The molecule has 0 radical (unpaired) electrons. The Morgan fingerprint density at radius 3 is 2.26 bits per heavy atom. The molecule has 0 atom stereocenters. The van der Waals surface area contributed by atoms with E-state index < -0.39 is 11.6 Å². The van der Waals surface area contributed by atoms with Crippen LogP contribution in [0.3, 0.4) is 0 Å². The monoisotopic (exact) mass is 264 g/mol. The van der Waals surface area contributed by atoms with Gasteiger partial charge in [-0.1, -0.05) is 12.1 Å². The lowest BCUT2D eigenvalue weighted by molar-refractivity contribution is 0.233. The second-order valence-corrected chi connectivity index (χ2v) is 4.48. The minimum absolute atomic E-state index is 0.0594. The highest BCUT2D eigenvalue weighted by Crippen LogP contribution is 2.38. The van der Waals surface area contributed by atoms with Gasteiger partial charge in [-0.2, -0.15) is 0 Å². The van der Waals surface area contributed by atoms with Crippen molar-refractivity contribution in [3.05, 3.63) is 48.0 Å². The first-order valence-corrected chi connectivity index (χ1v) is 5.92. The molecule has 0 saturated heterocycles. The van der Waals surface area contributed by atoms with Crippen LogP contribution < -0.4 is 4.74 Å². The molecule has 0 amide bonds. The van der Waals surface area contributed by atoms with Crippen molar-refractivity contribution in [2.75, 3.05) is 0 Å². The molecule has 2 rings (SSSR count). The quantitative estimate of drug-likeness (QED) is 0.903. The van der Waals surface area contributed by atoms with E-state index in [1.807, 2.05) is 13.8 Å². The zero-order valence-electron chi connectivity index (χ0n) is 10.7. The lowest BCUT2D eigenvalue weighted by Gasteiger charge is -2.15. The number of rotatable bonds is 3. The van der Waals surface area contributed by atoms with Crippen LogP contribution in [0.15, 0.2) is 36.4 Å². The van der Waals surface area contributed by atoms with Crippen LogP contribution in [0.25, 0.3) is 11.1 Å². The Balaban J connectivity index is 2.57. The van der Waals surface area contributed by atoms with Crippen LogP contribution in [-0.4, -0.2) is 11.2 Å². The van der Waals surface area contributed by atoms with Gasteiger partial charge >= 0.3 is 0 Å². The second-order valence-electron chi connectivity index (χ2n) is 4.48. The van der Waals surface area contributed by atoms with E-state index >= 15 is 0 Å². The molecule has 0 fully saturated rings. The molecule has 2 nitrogen and oxygen atoms in total. The van der Waals surface area contributed by atoms with Gasteiger partial charge in [0.2, 0.25) is 0 Å². The average molecular weight is 264 g/mol. The molecule has 0 unspecified atom stereocenters. The summed E-state index contributed by atoms with van der Waals surface area (Å²) in [7, 11) is 0. The van der Waals surface area contributed by atoms with Crippen molar-refractivity contribution in [2.45, 2.75) is 20.0 Å². The minimum Gasteiger partial charge on any atom is -0.504 e. The maximum absolute atomic E-state index is 13.3. The summed E-state index contributed by atoms with van der Waals surface area (Å²) in [4.78, 5) is 0. The van der Waals surface area contributed by atoms with E-state index in [1.165, 1.54) is 18.2 Å². The molecule has 0 spiro atoms. The van der Waals surface area contributed by atoms with Crippen LogP contribution in [0.2, 0.25) is 0 Å². The van der Waals surface area contributed by atoms with Gasteiger partial charge in [-0.15, -0.1) is 0 Å². The van der Waals surface area contributed by atoms with E-state index in [0.29, 0.717) is 11.1 Å². The van der Waals surface area contributed by atoms with Crippen LogP contribution in [-0.2, 0) is 0 Å². The lowest BCUT2D eigenvalue weighted by atomic mass is 10.0. The summed E-state index contributed by atoms with van der Waals surface area (Å²) < 4.78 is 32.0. The highest BCUT2D eigenvalue weighted by molar-refractivity contribution is 5.73. The van der Waals surface area contributed by atoms with E-state index in [0.717, 1.165) is 6.07 Å². The number of phenols is 1. The summed E-state index contributed by atoms with van der Waals surface area (Å²) in [5, 5.41) is 9.83. The molecule has 2 aromatic carbocycles. The predicted molar refractivity (Wildman–Crippen MR) is 69.2 cm³/mol. The molecule has 0 heterocycles. The zero-order valence-corrected chi connectivity index (χ0v) is 10.7. The number of ether oxygens (including phenoxy) is 1. The summed E-state index contributed by atoms with van der Waals surface area (Å²) in [6, 6.07) is 7.91. The third-order valence-electron chi connectivity index (χ3n) is 2.52. The van der Waals surface area contributed by atoms with Gasteiger partial charge in [0.25, 0.3) is 0 Å². The first kappa shape index (κ1) is 13.3. The molecular formula is C15H14F2O2. The Morgan fingerprint density at radius 1 is 1.05 bits per heavy atom. The molecule has 19 heavy (non-hydrogen) atoms. The van der Waals surface area contributed by atoms with E-state index in [4.69, 9.17) is 4.74 Å². The average Bonchev–Trinajstić information content (AvgIpc) is 2.30. The van der Waals surface area contributed by atoms with Crippen molar-refractivity contribution in [3.63, 3.8) is 0 Å². The number of para-hydroxylation sites is 1. The molecule has 4 heteroatoms. The molecule has 0 aromatic heterocycles. The normalized spacial score (nSPS) is 10.8. The van der Waals surface area contributed by atoms with Gasteiger partial charge in [-0.3, -0.25) is 0 Å². The highest BCUT2D eigenvalue weighted by Gasteiger charge is 2.14. The number of aromatic hydroxyl groups is 1. The van der Waals surface area contributed by atoms with Crippen molar-refractivity contribution in [1.29, 1.82) is 0 Å². The summed E-state index contributed by atoms with van der Waals surface area (Å²) in [6.45, 7) is 3.62. The van der Waals surface area contributed by atoms with Crippen molar-refractivity contribution < 1.29 is 18.6 Å². The third kappa shape index (κ3) is 3.02. The summed E-state index contributed by atoms with van der Waals surface area (Å²) in [6.07, 6.45) is -0.162. The fraction of sp³-hybridized carbons (Fsp3) is 0.200. The van der Waals surface area contributed by atoms with Crippen LogP contribution in [0.1, 0.15) is 13.8 Å². The smallest absolute Gasteiger partial charge is 0.169 e. The second kappa shape index (κ2) is 5.26.